The summed E-state index contributed by atoms with van der Waals surface area (Å²) in [6.07, 6.45) is -2.83. The minimum absolute atomic E-state index is 0.0450. The Labute approximate surface area is 122 Å². The smallest absolute Gasteiger partial charge is 0.422 e. The van der Waals surface area contributed by atoms with Gasteiger partial charge >= 0.3 is 6.18 Å². The Morgan fingerprint density at radius 3 is 2.73 bits per heavy atom. The molecule has 0 unspecified atom stereocenters. The molecule has 0 amide bonds. The summed E-state index contributed by atoms with van der Waals surface area (Å²) in [6, 6.07) is 9.79. The van der Waals surface area contributed by atoms with E-state index in [4.69, 9.17) is 4.74 Å². The van der Waals surface area contributed by atoms with Crippen molar-refractivity contribution in [2.24, 2.45) is 0 Å². The number of nitrogens with zero attached hydrogens (tertiary/aromatic N) is 4. The molecule has 0 radical (unpaired) electrons. The number of aromatic nitrogens is 4. The van der Waals surface area contributed by atoms with Crippen LogP contribution in [0.3, 0.4) is 0 Å². The highest BCUT2D eigenvalue weighted by atomic mass is 19.4. The lowest BCUT2D eigenvalue weighted by Crippen LogP contribution is -2.20. The van der Waals surface area contributed by atoms with Crippen LogP contribution in [0.25, 0.3) is 5.65 Å². The van der Waals surface area contributed by atoms with Gasteiger partial charge in [0.1, 0.15) is 5.82 Å². The molecular weight excluding hydrogens is 299 g/mol. The fourth-order valence-electron chi connectivity index (χ4n) is 1.75. The van der Waals surface area contributed by atoms with Crippen LogP contribution < -0.4 is 10.1 Å². The molecule has 3 heterocycles. The first-order valence-electron chi connectivity index (χ1n) is 6.25. The van der Waals surface area contributed by atoms with Gasteiger partial charge in [-0.25, -0.2) is 4.98 Å². The van der Waals surface area contributed by atoms with Crippen LogP contribution in [-0.2, 0) is 0 Å². The van der Waals surface area contributed by atoms with Crippen LogP contribution in [-0.4, -0.2) is 32.4 Å². The first-order valence-corrected chi connectivity index (χ1v) is 6.25. The molecule has 6 nitrogen and oxygen atoms in total. The summed E-state index contributed by atoms with van der Waals surface area (Å²) in [5, 5.41) is 6.93. The number of halogens is 3. The van der Waals surface area contributed by atoms with Crippen molar-refractivity contribution in [2.45, 2.75) is 6.18 Å². The van der Waals surface area contributed by atoms with Gasteiger partial charge in [-0.3, -0.25) is 0 Å². The van der Waals surface area contributed by atoms with Gasteiger partial charge in [0, 0.05) is 12.3 Å². The van der Waals surface area contributed by atoms with Gasteiger partial charge in [0.05, 0.1) is 0 Å². The number of ether oxygens (including phenoxy) is 1. The van der Waals surface area contributed by atoms with E-state index in [2.05, 4.69) is 20.4 Å². The molecule has 0 atom stereocenters. The summed E-state index contributed by atoms with van der Waals surface area (Å²) >= 11 is 0. The molecule has 3 aromatic rings. The molecule has 0 bridgehead atoms. The number of hydrogen-bond acceptors (Lipinski definition) is 5. The lowest BCUT2D eigenvalue weighted by Gasteiger charge is -2.09. The van der Waals surface area contributed by atoms with Crippen molar-refractivity contribution < 1.29 is 17.9 Å². The molecule has 9 heteroatoms. The van der Waals surface area contributed by atoms with Crippen LogP contribution in [0.1, 0.15) is 0 Å². The van der Waals surface area contributed by atoms with E-state index in [9.17, 15) is 13.2 Å². The fraction of sp³-hybridized carbons (Fsp3) is 0.154. The second-order valence-electron chi connectivity index (χ2n) is 4.31. The van der Waals surface area contributed by atoms with E-state index in [-0.39, 0.29) is 11.8 Å². The van der Waals surface area contributed by atoms with Crippen molar-refractivity contribution in [3.63, 3.8) is 0 Å². The second kappa shape index (κ2) is 5.51. The summed E-state index contributed by atoms with van der Waals surface area (Å²) in [5.41, 5.74) is 0.359. The van der Waals surface area contributed by atoms with Crippen LogP contribution in [0.5, 0.6) is 5.88 Å². The number of fused-ring (bicyclic) bond motifs is 1. The van der Waals surface area contributed by atoms with Gasteiger partial charge in [-0.05, 0) is 18.2 Å². The lowest BCUT2D eigenvalue weighted by atomic mass is 10.4. The Morgan fingerprint density at radius 2 is 2.00 bits per heavy atom. The summed E-state index contributed by atoms with van der Waals surface area (Å²) in [5.74, 6) is 0.689. The molecular formula is C13H10F3N5O. The van der Waals surface area contributed by atoms with E-state index in [0.29, 0.717) is 11.5 Å². The third kappa shape index (κ3) is 3.25. The summed E-state index contributed by atoms with van der Waals surface area (Å²) in [4.78, 5) is 8.21. The van der Waals surface area contributed by atoms with Gasteiger partial charge in [-0.2, -0.15) is 22.7 Å². The monoisotopic (exact) mass is 309 g/mol. The van der Waals surface area contributed by atoms with E-state index in [1.807, 2.05) is 0 Å². The molecule has 0 fully saturated rings. The zero-order chi connectivity index (χ0) is 15.6. The normalized spacial score (nSPS) is 11.6. The van der Waals surface area contributed by atoms with Crippen molar-refractivity contribution in [3.8, 4) is 5.88 Å². The largest absolute Gasteiger partial charge is 0.468 e. The van der Waals surface area contributed by atoms with Crippen LogP contribution in [0, 0.1) is 0 Å². The van der Waals surface area contributed by atoms with Gasteiger partial charge in [0.25, 0.3) is 0 Å². The highest BCUT2D eigenvalue weighted by Crippen LogP contribution is 2.20. The molecule has 114 valence electrons. The molecule has 1 N–H and O–H groups in total. The predicted octanol–water partition coefficient (Wildman–Crippen LogP) is 2.81. The Morgan fingerprint density at radius 1 is 1.14 bits per heavy atom. The lowest BCUT2D eigenvalue weighted by molar-refractivity contribution is -0.154. The van der Waals surface area contributed by atoms with Crippen LogP contribution in [0.2, 0.25) is 0 Å². The minimum Gasteiger partial charge on any atom is -0.468 e. The summed E-state index contributed by atoms with van der Waals surface area (Å²) in [7, 11) is 0. The zero-order valence-electron chi connectivity index (χ0n) is 11.1. The maximum Gasteiger partial charge on any atom is 0.422 e. The molecule has 3 aromatic heterocycles. The Balaban J connectivity index is 1.86. The molecule has 0 saturated carbocycles. The Bertz CT molecular complexity index is 772. The fourth-order valence-corrected chi connectivity index (χ4v) is 1.75. The molecule has 0 spiro atoms. The molecule has 22 heavy (non-hydrogen) atoms. The summed E-state index contributed by atoms with van der Waals surface area (Å²) in [6.45, 7) is -1.39. The molecule has 3 rings (SSSR count). The van der Waals surface area contributed by atoms with Gasteiger partial charge in [-0.15, -0.1) is 5.10 Å². The molecule has 0 aliphatic carbocycles. The highest BCUT2D eigenvalue weighted by molar-refractivity contribution is 5.52. The molecule has 0 aliphatic rings. The van der Waals surface area contributed by atoms with Gasteiger partial charge in [0.2, 0.25) is 11.8 Å². The number of rotatable bonds is 4. The van der Waals surface area contributed by atoms with E-state index in [1.165, 1.54) is 10.6 Å². The van der Waals surface area contributed by atoms with Crippen LogP contribution in [0.15, 0.2) is 42.6 Å². The maximum atomic E-state index is 12.2. The maximum absolute atomic E-state index is 12.2. The number of alkyl halides is 3. The molecule has 0 aliphatic heterocycles. The highest BCUT2D eigenvalue weighted by Gasteiger charge is 2.29. The Kier molecular flexibility index (Phi) is 3.53. The van der Waals surface area contributed by atoms with E-state index in [0.717, 1.165) is 0 Å². The quantitative estimate of drug-likeness (QED) is 0.803. The number of anilines is 2. The minimum atomic E-state index is -4.42. The van der Waals surface area contributed by atoms with Crippen molar-refractivity contribution >= 4 is 17.4 Å². The topological polar surface area (TPSA) is 64.3 Å². The van der Waals surface area contributed by atoms with Crippen molar-refractivity contribution in [2.75, 3.05) is 11.9 Å². The predicted molar refractivity (Wildman–Crippen MR) is 72.1 cm³/mol. The van der Waals surface area contributed by atoms with Crippen molar-refractivity contribution in [3.05, 3.63) is 42.6 Å². The average Bonchev–Trinajstić information content (AvgIpc) is 2.88. The first-order chi connectivity index (χ1) is 10.5. The van der Waals surface area contributed by atoms with E-state index in [1.54, 1.807) is 36.5 Å². The Hall–Kier alpha value is -2.84. The van der Waals surface area contributed by atoms with E-state index >= 15 is 0 Å². The summed E-state index contributed by atoms with van der Waals surface area (Å²) < 4.78 is 42.7. The van der Waals surface area contributed by atoms with Gasteiger partial charge in [0.15, 0.2) is 12.3 Å². The second-order valence-corrected chi connectivity index (χ2v) is 4.31. The number of pyridine rings is 2. The van der Waals surface area contributed by atoms with Gasteiger partial charge in [-0.1, -0.05) is 12.1 Å². The van der Waals surface area contributed by atoms with E-state index < -0.39 is 12.8 Å². The van der Waals surface area contributed by atoms with Crippen molar-refractivity contribution in [1.82, 2.24) is 19.6 Å². The SMILES string of the molecule is FC(F)(F)COc1cccc2nc(Nc3ccccn3)nn12. The zero-order valence-corrected chi connectivity index (χ0v) is 11.1. The van der Waals surface area contributed by atoms with Crippen molar-refractivity contribution in [1.29, 1.82) is 0 Å². The standard InChI is InChI=1S/C13H10F3N5O/c14-13(15,16)8-22-11-6-3-5-10-19-12(20-21(10)11)18-9-4-1-2-7-17-9/h1-7H,8H2,(H,17,18,20). The molecule has 0 aromatic carbocycles. The third-order valence-electron chi connectivity index (χ3n) is 2.61. The average molecular weight is 309 g/mol. The van der Waals surface area contributed by atoms with Crippen LogP contribution >= 0.6 is 0 Å². The number of hydrogen-bond donors (Lipinski definition) is 1. The third-order valence-corrected chi connectivity index (χ3v) is 2.61. The first kappa shape index (κ1) is 14.1. The van der Waals surface area contributed by atoms with Gasteiger partial charge < -0.3 is 10.1 Å². The van der Waals surface area contributed by atoms with Crippen LogP contribution in [0.4, 0.5) is 24.9 Å². The number of nitrogens with one attached hydrogen (secondary N) is 1. The molecule has 0 saturated heterocycles.